The number of hydrogen-bond acceptors (Lipinski definition) is 5. The molecule has 0 aromatic carbocycles. The van der Waals surface area contributed by atoms with E-state index in [4.69, 9.17) is 9.81 Å². The van der Waals surface area contributed by atoms with Crippen LogP contribution in [0.15, 0.2) is 0 Å². The summed E-state index contributed by atoms with van der Waals surface area (Å²) >= 11 is 0. The highest BCUT2D eigenvalue weighted by Crippen LogP contribution is 2.13. The van der Waals surface area contributed by atoms with Gasteiger partial charge in [0, 0.05) is 0 Å². The van der Waals surface area contributed by atoms with Crippen LogP contribution >= 0.6 is 0 Å². The van der Waals surface area contributed by atoms with Crippen LogP contribution in [0, 0.1) is 11.3 Å². The van der Waals surface area contributed by atoms with Gasteiger partial charge in [0.15, 0.2) is 0 Å². The van der Waals surface area contributed by atoms with Crippen molar-refractivity contribution in [2.75, 3.05) is 6.54 Å². The van der Waals surface area contributed by atoms with Gasteiger partial charge in [0.25, 0.3) is 5.91 Å². The molecular formula is C6H7N3O5S. The lowest BCUT2D eigenvalue weighted by Crippen LogP contribution is -2.65. The molecule has 15 heavy (non-hydrogen) atoms. The number of nitrogens with zero attached hydrogens (tertiary/aromatic N) is 2. The Balaban J connectivity index is 2.51. The van der Waals surface area contributed by atoms with Crippen LogP contribution in [0.2, 0.25) is 0 Å². The van der Waals surface area contributed by atoms with E-state index in [0.29, 0.717) is 0 Å². The Hall–Kier alpha value is -1.66. The van der Waals surface area contributed by atoms with Gasteiger partial charge in [0.05, 0.1) is 12.6 Å². The number of carbonyl (C=O) groups excluding carboxylic acids is 2. The Labute approximate surface area is 85.3 Å². The molecule has 1 heterocycles. The smallest absolute Gasteiger partial charge is 0.342 e. The predicted octanol–water partition coefficient (Wildman–Crippen LogP) is -1.97. The minimum atomic E-state index is -4.53. The van der Waals surface area contributed by atoms with E-state index < -0.39 is 34.6 Å². The molecule has 1 unspecified atom stereocenters. The molecule has 1 saturated heterocycles. The molecule has 1 aliphatic rings. The molecule has 8 nitrogen and oxygen atoms in total. The number of nitrogens with one attached hydrogen (secondary N) is 1. The number of nitriles is 1. The first-order chi connectivity index (χ1) is 6.86. The summed E-state index contributed by atoms with van der Waals surface area (Å²) in [6.45, 7) is -0.311. The fraction of sp³-hybridized carbons (Fsp3) is 0.500. The topological polar surface area (TPSA) is 128 Å². The summed E-state index contributed by atoms with van der Waals surface area (Å²) in [6.07, 6.45) is -0.407. The van der Waals surface area contributed by atoms with Crippen molar-refractivity contribution in [3.8, 4) is 6.07 Å². The molecule has 2 N–H and O–H groups in total. The number of β-lactam (4-membered cyclic amide) rings is 1. The largest absolute Gasteiger partial charge is 0.362 e. The molecule has 1 fully saturated rings. The molecule has 0 aromatic rings. The Morgan fingerprint density at radius 3 is 2.73 bits per heavy atom. The van der Waals surface area contributed by atoms with Crippen molar-refractivity contribution >= 4 is 22.1 Å². The SMILES string of the molecule is N#CCC(=O)NC1CN(S(=O)(=O)O)C1=O. The third kappa shape index (κ3) is 2.42. The number of hydrogen-bond donors (Lipinski definition) is 2. The molecule has 1 atom stereocenters. The van der Waals surface area contributed by atoms with Crippen LogP contribution in [0.4, 0.5) is 0 Å². The van der Waals surface area contributed by atoms with Gasteiger partial charge >= 0.3 is 10.3 Å². The van der Waals surface area contributed by atoms with Crippen LogP contribution in [-0.2, 0) is 19.9 Å². The minimum absolute atomic E-state index is 0.227. The lowest BCUT2D eigenvalue weighted by atomic mass is 10.1. The summed E-state index contributed by atoms with van der Waals surface area (Å²) in [5.41, 5.74) is 0. The lowest BCUT2D eigenvalue weighted by Gasteiger charge is -2.35. The zero-order valence-corrected chi connectivity index (χ0v) is 8.19. The Kier molecular flexibility index (Phi) is 2.92. The quantitative estimate of drug-likeness (QED) is 0.430. The van der Waals surface area contributed by atoms with E-state index in [9.17, 15) is 18.0 Å². The molecule has 2 amide bonds. The average Bonchev–Trinajstić information content (AvgIpc) is 2.09. The molecule has 0 spiro atoms. The van der Waals surface area contributed by atoms with Gasteiger partial charge in [-0.3, -0.25) is 14.1 Å². The van der Waals surface area contributed by atoms with Crippen LogP contribution < -0.4 is 5.32 Å². The standard InChI is InChI=1S/C6H7N3O5S/c7-2-1-5(10)8-4-3-9(6(4)11)15(12,13)14/h4H,1,3H2,(H,8,10)(H,12,13,14). The Morgan fingerprint density at radius 2 is 2.33 bits per heavy atom. The Bertz CT molecular complexity index is 436. The third-order valence-electron chi connectivity index (χ3n) is 1.75. The fourth-order valence-corrected chi connectivity index (χ4v) is 1.72. The monoisotopic (exact) mass is 233 g/mol. The highest BCUT2D eigenvalue weighted by atomic mass is 32.2. The predicted molar refractivity (Wildman–Crippen MR) is 45.4 cm³/mol. The van der Waals surface area contributed by atoms with E-state index in [1.54, 1.807) is 6.07 Å². The normalized spacial score (nSPS) is 20.4. The fourth-order valence-electron chi connectivity index (χ4n) is 1.03. The highest BCUT2D eigenvalue weighted by Gasteiger charge is 2.44. The number of rotatable bonds is 3. The van der Waals surface area contributed by atoms with Gasteiger partial charge in [-0.2, -0.15) is 13.7 Å². The van der Waals surface area contributed by atoms with Crippen molar-refractivity contribution in [1.29, 1.82) is 5.26 Å². The third-order valence-corrected chi connectivity index (χ3v) is 2.63. The zero-order valence-electron chi connectivity index (χ0n) is 7.37. The van der Waals surface area contributed by atoms with Crippen molar-refractivity contribution in [3.63, 3.8) is 0 Å². The molecule has 1 aliphatic heterocycles. The van der Waals surface area contributed by atoms with E-state index in [1.807, 2.05) is 0 Å². The average molecular weight is 233 g/mol. The maximum absolute atomic E-state index is 11.0. The second-order valence-electron chi connectivity index (χ2n) is 2.80. The molecule has 0 aromatic heterocycles. The molecule has 0 bridgehead atoms. The molecule has 0 saturated carbocycles. The first-order valence-corrected chi connectivity index (χ1v) is 5.21. The van der Waals surface area contributed by atoms with E-state index in [-0.39, 0.29) is 10.8 Å². The van der Waals surface area contributed by atoms with E-state index >= 15 is 0 Å². The van der Waals surface area contributed by atoms with Gasteiger partial charge in [-0.15, -0.1) is 0 Å². The maximum atomic E-state index is 11.0. The van der Waals surface area contributed by atoms with Gasteiger partial charge < -0.3 is 5.32 Å². The van der Waals surface area contributed by atoms with Crippen LogP contribution in [0.1, 0.15) is 6.42 Å². The summed E-state index contributed by atoms with van der Waals surface area (Å²) in [5, 5.41) is 10.3. The summed E-state index contributed by atoms with van der Waals surface area (Å²) in [7, 11) is -4.53. The van der Waals surface area contributed by atoms with Gasteiger partial charge in [-0.05, 0) is 0 Å². The molecular weight excluding hydrogens is 226 g/mol. The number of amides is 2. The van der Waals surface area contributed by atoms with Gasteiger partial charge in [-0.25, -0.2) is 4.31 Å². The van der Waals surface area contributed by atoms with Gasteiger partial charge in [0.1, 0.15) is 12.5 Å². The summed E-state index contributed by atoms with van der Waals surface area (Å²) < 4.78 is 29.7. The van der Waals surface area contributed by atoms with E-state index in [2.05, 4.69) is 5.32 Å². The molecule has 0 radical (unpaired) electrons. The Morgan fingerprint density at radius 1 is 1.73 bits per heavy atom. The zero-order chi connectivity index (χ0) is 11.6. The van der Waals surface area contributed by atoms with Crippen molar-refractivity contribution < 1.29 is 22.6 Å². The highest BCUT2D eigenvalue weighted by molar-refractivity contribution is 7.84. The second kappa shape index (κ2) is 3.84. The van der Waals surface area contributed by atoms with Crippen LogP contribution in [-0.4, -0.2) is 41.7 Å². The molecule has 1 rings (SSSR count). The summed E-state index contributed by atoms with van der Waals surface area (Å²) in [6, 6.07) is 0.594. The lowest BCUT2D eigenvalue weighted by molar-refractivity contribution is -0.140. The molecule has 9 heteroatoms. The molecule has 82 valence electrons. The van der Waals surface area contributed by atoms with Crippen molar-refractivity contribution in [1.82, 2.24) is 9.62 Å². The minimum Gasteiger partial charge on any atom is -0.342 e. The molecule has 0 aliphatic carbocycles. The van der Waals surface area contributed by atoms with Crippen molar-refractivity contribution in [3.05, 3.63) is 0 Å². The van der Waals surface area contributed by atoms with Gasteiger partial charge in [0.2, 0.25) is 5.91 Å². The van der Waals surface area contributed by atoms with E-state index in [1.165, 1.54) is 0 Å². The van der Waals surface area contributed by atoms with Crippen molar-refractivity contribution in [2.45, 2.75) is 12.5 Å². The van der Waals surface area contributed by atoms with Crippen LogP contribution in [0.3, 0.4) is 0 Å². The first kappa shape index (κ1) is 11.4. The number of carbonyl (C=O) groups is 2. The second-order valence-corrected chi connectivity index (χ2v) is 4.14. The summed E-state index contributed by atoms with van der Waals surface area (Å²) in [4.78, 5) is 21.9. The van der Waals surface area contributed by atoms with Crippen LogP contribution in [0.25, 0.3) is 0 Å². The van der Waals surface area contributed by atoms with Crippen molar-refractivity contribution in [2.24, 2.45) is 0 Å². The van der Waals surface area contributed by atoms with Crippen LogP contribution in [0.5, 0.6) is 0 Å². The van der Waals surface area contributed by atoms with E-state index in [0.717, 1.165) is 0 Å². The van der Waals surface area contributed by atoms with Gasteiger partial charge in [-0.1, -0.05) is 0 Å². The first-order valence-electron chi connectivity index (χ1n) is 3.81. The maximum Gasteiger partial charge on any atom is 0.362 e. The summed E-state index contributed by atoms with van der Waals surface area (Å²) in [5.74, 6) is -1.57.